The summed E-state index contributed by atoms with van der Waals surface area (Å²) in [5, 5.41) is 0.181. The number of hydrogen-bond acceptors (Lipinski definition) is 5. The Bertz CT molecular complexity index is 514. The molecule has 0 amide bonds. The third-order valence-corrected chi connectivity index (χ3v) is 8.79. The molecule has 0 aromatic carbocycles. The molecule has 6 heteroatoms. The smallest absolute Gasteiger partial charge is 0.373 e. The van der Waals surface area contributed by atoms with Crippen LogP contribution in [0.2, 0.25) is 18.1 Å². The SMILES string of the molecule is COC(=O)c1ccc([C@@H]2O[C@H]2CO[Si](C)(C)C(C)(C)C)o1. The second kappa shape index (κ2) is 5.59. The number of carbonyl (C=O) groups excluding carboxylic acids is 1. The summed E-state index contributed by atoms with van der Waals surface area (Å²) in [5.41, 5.74) is 0. The predicted molar refractivity (Wildman–Crippen MR) is 80.8 cm³/mol. The lowest BCUT2D eigenvalue weighted by molar-refractivity contribution is 0.0562. The van der Waals surface area contributed by atoms with Crippen molar-refractivity contribution in [3.63, 3.8) is 0 Å². The van der Waals surface area contributed by atoms with E-state index in [-0.39, 0.29) is 23.0 Å². The van der Waals surface area contributed by atoms with Crippen molar-refractivity contribution in [3.05, 3.63) is 23.7 Å². The minimum Gasteiger partial charge on any atom is -0.463 e. The summed E-state index contributed by atoms with van der Waals surface area (Å²) in [6.45, 7) is 11.6. The van der Waals surface area contributed by atoms with Crippen LogP contribution in [-0.4, -0.2) is 34.1 Å². The number of ether oxygens (including phenoxy) is 2. The van der Waals surface area contributed by atoms with Crippen molar-refractivity contribution < 1.29 is 23.1 Å². The average molecular weight is 312 g/mol. The highest BCUT2D eigenvalue weighted by Gasteiger charge is 2.46. The van der Waals surface area contributed by atoms with Gasteiger partial charge in [-0.3, -0.25) is 0 Å². The normalized spacial score (nSPS) is 22.2. The number of methoxy groups -OCH3 is 1. The van der Waals surface area contributed by atoms with E-state index in [1.807, 2.05) is 0 Å². The lowest BCUT2D eigenvalue weighted by atomic mass is 10.2. The Morgan fingerprint density at radius 3 is 2.57 bits per heavy atom. The van der Waals surface area contributed by atoms with Gasteiger partial charge >= 0.3 is 5.97 Å². The van der Waals surface area contributed by atoms with Gasteiger partial charge in [0, 0.05) is 0 Å². The Labute approximate surface area is 126 Å². The van der Waals surface area contributed by atoms with Crippen LogP contribution in [0.5, 0.6) is 0 Å². The summed E-state index contributed by atoms with van der Waals surface area (Å²) in [6, 6.07) is 3.36. The van der Waals surface area contributed by atoms with Crippen LogP contribution in [-0.2, 0) is 13.9 Å². The Kier molecular flexibility index (Phi) is 4.33. The molecule has 0 aliphatic carbocycles. The Morgan fingerprint density at radius 1 is 1.33 bits per heavy atom. The molecule has 118 valence electrons. The van der Waals surface area contributed by atoms with Gasteiger partial charge in [-0.2, -0.15) is 0 Å². The average Bonchev–Trinajstić information content (AvgIpc) is 3.01. The highest BCUT2D eigenvalue weighted by molar-refractivity contribution is 6.74. The molecule has 0 bridgehead atoms. The van der Waals surface area contributed by atoms with E-state index in [0.717, 1.165) is 0 Å². The lowest BCUT2D eigenvalue weighted by Gasteiger charge is -2.35. The standard InChI is InChI=1S/C15H24O5Si/c1-15(2,3)21(5,6)18-9-12-13(20-12)10-7-8-11(19-10)14(16)17-4/h7-8,12-13H,9H2,1-6H3/t12-,13-/m0/s1. The number of rotatable bonds is 5. The molecule has 0 unspecified atom stereocenters. The number of carbonyl (C=O) groups is 1. The number of hydrogen-bond donors (Lipinski definition) is 0. The quantitative estimate of drug-likeness (QED) is 0.473. The molecule has 1 aliphatic heterocycles. The van der Waals surface area contributed by atoms with Crippen LogP contribution in [0, 0.1) is 0 Å². The molecule has 2 atom stereocenters. The predicted octanol–water partition coefficient (Wildman–Crippen LogP) is 3.53. The number of esters is 1. The van der Waals surface area contributed by atoms with Crippen LogP contribution >= 0.6 is 0 Å². The van der Waals surface area contributed by atoms with Crippen LogP contribution in [0.1, 0.15) is 43.2 Å². The molecular formula is C15H24O5Si. The zero-order valence-corrected chi connectivity index (χ0v) is 14.6. The summed E-state index contributed by atoms with van der Waals surface area (Å²) in [4.78, 5) is 11.3. The molecule has 1 aromatic rings. The molecule has 0 saturated carbocycles. The fourth-order valence-electron chi connectivity index (χ4n) is 1.74. The maximum Gasteiger partial charge on any atom is 0.373 e. The molecule has 1 fully saturated rings. The Hall–Kier alpha value is -1.11. The fourth-order valence-corrected chi connectivity index (χ4v) is 2.76. The van der Waals surface area contributed by atoms with Gasteiger partial charge in [-0.1, -0.05) is 20.8 Å². The van der Waals surface area contributed by atoms with Crippen LogP contribution in [0.3, 0.4) is 0 Å². The molecule has 0 spiro atoms. The van der Waals surface area contributed by atoms with Crippen LogP contribution in [0.4, 0.5) is 0 Å². The minimum absolute atomic E-state index is 0.00997. The van der Waals surface area contributed by atoms with Gasteiger partial charge in [0.05, 0.1) is 13.7 Å². The van der Waals surface area contributed by atoms with Gasteiger partial charge < -0.3 is 18.3 Å². The van der Waals surface area contributed by atoms with E-state index in [2.05, 4.69) is 38.6 Å². The largest absolute Gasteiger partial charge is 0.463 e. The van der Waals surface area contributed by atoms with Gasteiger partial charge in [-0.25, -0.2) is 4.79 Å². The maximum atomic E-state index is 11.3. The molecule has 21 heavy (non-hydrogen) atoms. The van der Waals surface area contributed by atoms with E-state index in [4.69, 9.17) is 13.6 Å². The molecular weight excluding hydrogens is 288 g/mol. The third-order valence-electron chi connectivity index (χ3n) is 4.29. The minimum atomic E-state index is -1.76. The molecule has 5 nitrogen and oxygen atoms in total. The van der Waals surface area contributed by atoms with Crippen molar-refractivity contribution in [2.75, 3.05) is 13.7 Å². The van der Waals surface area contributed by atoms with Crippen molar-refractivity contribution in [2.45, 2.75) is 51.1 Å². The summed E-state index contributed by atoms with van der Waals surface area (Å²) >= 11 is 0. The van der Waals surface area contributed by atoms with Crippen LogP contribution in [0.25, 0.3) is 0 Å². The van der Waals surface area contributed by atoms with Crippen molar-refractivity contribution in [3.8, 4) is 0 Å². The molecule has 0 N–H and O–H groups in total. The van der Waals surface area contributed by atoms with E-state index in [1.165, 1.54) is 7.11 Å². The molecule has 1 saturated heterocycles. The zero-order chi connectivity index (χ0) is 15.8. The zero-order valence-electron chi connectivity index (χ0n) is 13.6. The molecule has 2 heterocycles. The van der Waals surface area contributed by atoms with Crippen molar-refractivity contribution in [1.82, 2.24) is 0 Å². The second-order valence-electron chi connectivity index (χ2n) is 6.86. The van der Waals surface area contributed by atoms with Crippen molar-refractivity contribution >= 4 is 14.3 Å². The highest BCUT2D eigenvalue weighted by atomic mass is 28.4. The van der Waals surface area contributed by atoms with E-state index in [9.17, 15) is 4.79 Å². The maximum absolute atomic E-state index is 11.3. The lowest BCUT2D eigenvalue weighted by Crippen LogP contribution is -2.41. The number of epoxide rings is 1. The van der Waals surface area contributed by atoms with E-state index in [0.29, 0.717) is 12.4 Å². The summed E-state index contributed by atoms with van der Waals surface area (Å²) in [6.07, 6.45) is -0.107. The Morgan fingerprint density at radius 2 is 2.00 bits per heavy atom. The first-order chi connectivity index (χ1) is 9.65. The van der Waals surface area contributed by atoms with Gasteiger partial charge in [0.2, 0.25) is 5.76 Å². The highest BCUT2D eigenvalue weighted by Crippen LogP contribution is 2.42. The van der Waals surface area contributed by atoms with Gasteiger partial charge in [0.15, 0.2) is 8.32 Å². The van der Waals surface area contributed by atoms with Gasteiger partial charge in [-0.05, 0) is 30.3 Å². The Balaban J connectivity index is 1.88. The van der Waals surface area contributed by atoms with Crippen molar-refractivity contribution in [2.24, 2.45) is 0 Å². The molecule has 1 aromatic heterocycles. The van der Waals surface area contributed by atoms with E-state index in [1.54, 1.807) is 12.1 Å². The fraction of sp³-hybridized carbons (Fsp3) is 0.667. The van der Waals surface area contributed by atoms with Crippen LogP contribution in [0.15, 0.2) is 16.5 Å². The van der Waals surface area contributed by atoms with Gasteiger partial charge in [0.25, 0.3) is 0 Å². The third kappa shape index (κ3) is 3.56. The van der Waals surface area contributed by atoms with Crippen molar-refractivity contribution in [1.29, 1.82) is 0 Å². The van der Waals surface area contributed by atoms with E-state index >= 15 is 0 Å². The van der Waals surface area contributed by atoms with Crippen LogP contribution < -0.4 is 0 Å². The monoisotopic (exact) mass is 312 g/mol. The van der Waals surface area contributed by atoms with Gasteiger partial charge in [-0.15, -0.1) is 0 Å². The summed E-state index contributed by atoms with van der Waals surface area (Å²) in [7, 11) is -0.434. The van der Waals surface area contributed by atoms with E-state index < -0.39 is 14.3 Å². The first-order valence-electron chi connectivity index (χ1n) is 7.13. The topological polar surface area (TPSA) is 61.2 Å². The molecule has 1 aliphatic rings. The first-order valence-corrected chi connectivity index (χ1v) is 10.0. The first kappa shape index (κ1) is 16.3. The number of furan rings is 1. The summed E-state index contributed by atoms with van der Waals surface area (Å²) in [5.74, 6) is 0.377. The van der Waals surface area contributed by atoms with Gasteiger partial charge in [0.1, 0.15) is 18.0 Å². The molecule has 0 radical (unpaired) electrons. The second-order valence-corrected chi connectivity index (χ2v) is 11.7. The molecule has 2 rings (SSSR count). The summed E-state index contributed by atoms with van der Waals surface area (Å²) < 4.78 is 21.8.